The van der Waals surface area contributed by atoms with Gasteiger partial charge < -0.3 is 9.33 Å². The summed E-state index contributed by atoms with van der Waals surface area (Å²) in [5, 5.41) is 0.151. The van der Waals surface area contributed by atoms with Gasteiger partial charge >= 0.3 is 0 Å². The highest BCUT2D eigenvalue weighted by molar-refractivity contribution is 7.95. The van der Waals surface area contributed by atoms with Gasteiger partial charge in [-0.1, -0.05) is 38.5 Å². The number of fused-ring (bicyclic) bond motifs is 1. The Hall–Kier alpha value is -1.11. The molecule has 2 aliphatic heterocycles. The van der Waals surface area contributed by atoms with E-state index in [0.717, 1.165) is 30.6 Å². The molecule has 1 fully saturated rings. The van der Waals surface area contributed by atoms with E-state index in [1.807, 2.05) is 19.1 Å². The van der Waals surface area contributed by atoms with Crippen molar-refractivity contribution in [3.8, 4) is 0 Å². The first-order valence-corrected chi connectivity index (χ1v) is 15.8. The second kappa shape index (κ2) is 8.79. The molecule has 1 aromatic rings. The van der Waals surface area contributed by atoms with Crippen LogP contribution in [0.3, 0.4) is 0 Å². The van der Waals surface area contributed by atoms with Crippen molar-refractivity contribution in [2.45, 2.75) is 95.3 Å². The van der Waals surface area contributed by atoms with Crippen molar-refractivity contribution in [1.82, 2.24) is 4.90 Å². The molecule has 0 amide bonds. The standard InChI is InChI=1S/C24H39NO3SSi/c1-19-10-13-21(14-11-19)29(26,27)23-15-12-20-9-7-8-17-25(20)22(23)16-18-28-30(5,6)24(2,3)4/h10-11,13-14,20H,7-9,12,15-18H2,1-6H3. The number of hydrogen-bond donors (Lipinski definition) is 0. The molecule has 3 rings (SSSR count). The lowest BCUT2D eigenvalue weighted by atomic mass is 9.93. The maximum Gasteiger partial charge on any atom is 0.204 e. The van der Waals surface area contributed by atoms with Gasteiger partial charge in [0.2, 0.25) is 9.84 Å². The number of benzene rings is 1. The van der Waals surface area contributed by atoms with Crippen molar-refractivity contribution in [1.29, 1.82) is 0 Å². The molecule has 1 atom stereocenters. The number of rotatable bonds is 6. The minimum Gasteiger partial charge on any atom is -0.416 e. The van der Waals surface area contributed by atoms with Crippen LogP contribution in [0.15, 0.2) is 39.8 Å². The third-order valence-electron chi connectivity index (χ3n) is 7.26. The Balaban J connectivity index is 1.93. The van der Waals surface area contributed by atoms with Crippen LogP contribution < -0.4 is 0 Å². The second-order valence-corrected chi connectivity index (χ2v) is 17.2. The van der Waals surface area contributed by atoms with E-state index in [1.165, 1.54) is 12.8 Å². The molecule has 0 N–H and O–H groups in total. The molecule has 0 saturated carbocycles. The van der Waals surface area contributed by atoms with Crippen LogP contribution in [-0.4, -0.2) is 40.8 Å². The van der Waals surface area contributed by atoms with E-state index < -0.39 is 18.2 Å². The van der Waals surface area contributed by atoms with Crippen LogP contribution in [0.25, 0.3) is 0 Å². The van der Waals surface area contributed by atoms with Crippen LogP contribution in [-0.2, 0) is 14.3 Å². The summed E-state index contributed by atoms with van der Waals surface area (Å²) in [6.45, 7) is 14.8. The maximum atomic E-state index is 13.6. The molecule has 2 heterocycles. The summed E-state index contributed by atoms with van der Waals surface area (Å²) in [5.41, 5.74) is 2.09. The van der Waals surface area contributed by atoms with Gasteiger partial charge in [0.05, 0.1) is 9.80 Å². The molecule has 4 nitrogen and oxygen atoms in total. The average Bonchev–Trinajstić information content (AvgIpc) is 2.67. The highest BCUT2D eigenvalue weighted by Crippen LogP contribution is 2.40. The molecule has 0 aromatic heterocycles. The normalized spacial score (nSPS) is 21.0. The Bertz CT molecular complexity index is 882. The number of sulfone groups is 1. The van der Waals surface area contributed by atoms with Crippen LogP contribution in [0.2, 0.25) is 18.1 Å². The summed E-state index contributed by atoms with van der Waals surface area (Å²) >= 11 is 0. The first-order chi connectivity index (χ1) is 13.9. The van der Waals surface area contributed by atoms with Crippen molar-refractivity contribution in [2.75, 3.05) is 13.2 Å². The smallest absolute Gasteiger partial charge is 0.204 e. The van der Waals surface area contributed by atoms with Crippen LogP contribution in [0.5, 0.6) is 0 Å². The fraction of sp³-hybridized carbons (Fsp3) is 0.667. The van der Waals surface area contributed by atoms with E-state index in [9.17, 15) is 8.42 Å². The Morgan fingerprint density at radius 3 is 2.40 bits per heavy atom. The Labute approximate surface area is 184 Å². The van der Waals surface area contributed by atoms with Crippen molar-refractivity contribution in [2.24, 2.45) is 0 Å². The molecular formula is C24H39NO3SSi. The molecular weight excluding hydrogens is 410 g/mol. The average molecular weight is 450 g/mol. The van der Waals surface area contributed by atoms with E-state index in [-0.39, 0.29) is 5.04 Å². The first-order valence-electron chi connectivity index (χ1n) is 11.4. The largest absolute Gasteiger partial charge is 0.416 e. The number of hydrogen-bond acceptors (Lipinski definition) is 4. The van der Waals surface area contributed by atoms with E-state index in [2.05, 4.69) is 38.8 Å². The fourth-order valence-electron chi connectivity index (χ4n) is 4.31. The maximum absolute atomic E-state index is 13.6. The van der Waals surface area contributed by atoms with Crippen molar-refractivity contribution in [3.63, 3.8) is 0 Å². The van der Waals surface area contributed by atoms with Gasteiger partial charge in [-0.15, -0.1) is 0 Å². The second-order valence-electron chi connectivity index (χ2n) is 10.4. The van der Waals surface area contributed by atoms with Gasteiger partial charge in [-0.25, -0.2) is 8.42 Å². The lowest BCUT2D eigenvalue weighted by Crippen LogP contribution is -2.44. The SMILES string of the molecule is Cc1ccc(S(=O)(=O)C2=C(CCO[Si](C)(C)C(C)(C)C)N3CCCCC3CC2)cc1. The van der Waals surface area contributed by atoms with E-state index in [0.29, 0.717) is 35.3 Å². The van der Waals surface area contributed by atoms with E-state index >= 15 is 0 Å². The molecule has 0 aliphatic carbocycles. The van der Waals surface area contributed by atoms with Crippen LogP contribution in [0, 0.1) is 6.92 Å². The zero-order valence-electron chi connectivity index (χ0n) is 19.6. The lowest BCUT2D eigenvalue weighted by molar-refractivity contribution is 0.157. The Morgan fingerprint density at radius 2 is 1.77 bits per heavy atom. The minimum absolute atomic E-state index is 0.151. The van der Waals surface area contributed by atoms with Gasteiger partial charge in [0.15, 0.2) is 8.32 Å². The monoisotopic (exact) mass is 449 g/mol. The van der Waals surface area contributed by atoms with Gasteiger partial charge in [0, 0.05) is 31.3 Å². The molecule has 30 heavy (non-hydrogen) atoms. The van der Waals surface area contributed by atoms with Crippen LogP contribution in [0.1, 0.15) is 64.9 Å². The lowest BCUT2D eigenvalue weighted by Gasteiger charge is -2.44. The Morgan fingerprint density at radius 1 is 1.10 bits per heavy atom. The van der Waals surface area contributed by atoms with Gasteiger partial charge in [-0.3, -0.25) is 0 Å². The summed E-state index contributed by atoms with van der Waals surface area (Å²) in [5.74, 6) is 0. The van der Waals surface area contributed by atoms with Crippen molar-refractivity contribution >= 4 is 18.2 Å². The zero-order chi connectivity index (χ0) is 22.2. The minimum atomic E-state index is -3.48. The van der Waals surface area contributed by atoms with Crippen LogP contribution >= 0.6 is 0 Å². The summed E-state index contributed by atoms with van der Waals surface area (Å²) in [6, 6.07) is 7.77. The molecule has 1 unspecified atom stereocenters. The van der Waals surface area contributed by atoms with Crippen LogP contribution in [0.4, 0.5) is 0 Å². The molecule has 1 saturated heterocycles. The predicted molar refractivity (Wildman–Crippen MR) is 127 cm³/mol. The van der Waals surface area contributed by atoms with Gasteiger partial charge in [0.25, 0.3) is 0 Å². The highest BCUT2D eigenvalue weighted by Gasteiger charge is 2.39. The molecule has 0 spiro atoms. The summed E-state index contributed by atoms with van der Waals surface area (Å²) < 4.78 is 33.6. The molecule has 0 bridgehead atoms. The summed E-state index contributed by atoms with van der Waals surface area (Å²) in [6.07, 6.45) is 5.82. The molecule has 0 radical (unpaired) electrons. The number of nitrogens with zero attached hydrogens (tertiary/aromatic N) is 1. The first kappa shape index (κ1) is 23.5. The van der Waals surface area contributed by atoms with E-state index in [1.54, 1.807) is 12.1 Å². The number of piperidine rings is 1. The number of allylic oxidation sites excluding steroid dienone is 1. The third kappa shape index (κ3) is 4.86. The zero-order valence-corrected chi connectivity index (χ0v) is 21.4. The molecule has 6 heteroatoms. The topological polar surface area (TPSA) is 46.6 Å². The van der Waals surface area contributed by atoms with Crippen molar-refractivity contribution in [3.05, 3.63) is 40.4 Å². The summed E-state index contributed by atoms with van der Waals surface area (Å²) in [4.78, 5) is 3.45. The quantitative estimate of drug-likeness (QED) is 0.497. The highest BCUT2D eigenvalue weighted by atomic mass is 32.2. The predicted octanol–water partition coefficient (Wildman–Crippen LogP) is 6.04. The van der Waals surface area contributed by atoms with Gasteiger partial charge in [0.1, 0.15) is 0 Å². The molecule has 168 valence electrons. The fourth-order valence-corrected chi connectivity index (χ4v) is 7.05. The van der Waals surface area contributed by atoms with Crippen molar-refractivity contribution < 1.29 is 12.8 Å². The Kier molecular flexibility index (Phi) is 6.90. The third-order valence-corrected chi connectivity index (χ3v) is 13.8. The van der Waals surface area contributed by atoms with Gasteiger partial charge in [-0.05, 0) is 69.3 Å². The number of aryl methyl sites for hydroxylation is 1. The molecule has 1 aromatic carbocycles. The summed E-state index contributed by atoms with van der Waals surface area (Å²) in [7, 11) is -5.34. The van der Waals surface area contributed by atoms with Gasteiger partial charge in [-0.2, -0.15) is 0 Å². The molecule has 2 aliphatic rings. The van der Waals surface area contributed by atoms with E-state index in [4.69, 9.17) is 4.43 Å².